The number of hydrogen-bond donors (Lipinski definition) is 0. The Morgan fingerprint density at radius 1 is 1.22 bits per heavy atom. The van der Waals surface area contributed by atoms with Crippen molar-refractivity contribution in [1.82, 2.24) is 14.9 Å². The molecule has 0 radical (unpaired) electrons. The lowest BCUT2D eigenvalue weighted by Crippen LogP contribution is -2.30. The highest BCUT2D eigenvalue weighted by molar-refractivity contribution is 5.78. The number of hydrogen-bond acceptors (Lipinski definition) is 4. The van der Waals surface area contributed by atoms with E-state index < -0.39 is 0 Å². The lowest BCUT2D eigenvalue weighted by atomic mass is 10.0. The SMILES string of the molecule is COc1cccc(CN2CCc3nc4ccncc4cc3C2)c1. The third-order valence-electron chi connectivity index (χ3n) is 4.38. The summed E-state index contributed by atoms with van der Waals surface area (Å²) in [4.78, 5) is 11.5. The maximum absolute atomic E-state index is 5.31. The van der Waals surface area contributed by atoms with Crippen molar-refractivity contribution in [1.29, 1.82) is 0 Å². The monoisotopic (exact) mass is 305 g/mol. The van der Waals surface area contributed by atoms with Crippen LogP contribution in [-0.2, 0) is 19.5 Å². The summed E-state index contributed by atoms with van der Waals surface area (Å²) in [7, 11) is 1.71. The molecule has 0 spiro atoms. The molecule has 0 saturated heterocycles. The highest BCUT2D eigenvalue weighted by Crippen LogP contribution is 2.23. The van der Waals surface area contributed by atoms with Gasteiger partial charge in [-0.2, -0.15) is 0 Å². The number of aromatic nitrogens is 2. The van der Waals surface area contributed by atoms with Gasteiger partial charge in [0.05, 0.1) is 12.6 Å². The van der Waals surface area contributed by atoms with Crippen LogP contribution >= 0.6 is 0 Å². The van der Waals surface area contributed by atoms with Gasteiger partial charge in [-0.05, 0) is 35.4 Å². The molecular weight excluding hydrogens is 286 g/mol. The van der Waals surface area contributed by atoms with Crippen molar-refractivity contribution >= 4 is 10.9 Å². The first-order chi connectivity index (χ1) is 11.3. The van der Waals surface area contributed by atoms with Gasteiger partial charge in [-0.25, -0.2) is 0 Å². The molecule has 0 saturated carbocycles. The van der Waals surface area contributed by atoms with Gasteiger partial charge in [-0.1, -0.05) is 12.1 Å². The number of benzene rings is 1. The quantitative estimate of drug-likeness (QED) is 0.745. The van der Waals surface area contributed by atoms with Crippen LogP contribution in [-0.4, -0.2) is 28.5 Å². The van der Waals surface area contributed by atoms with Crippen molar-refractivity contribution in [3.05, 3.63) is 65.6 Å². The summed E-state index contributed by atoms with van der Waals surface area (Å²) in [6, 6.07) is 12.5. The Hall–Kier alpha value is -2.46. The largest absolute Gasteiger partial charge is 0.497 e. The van der Waals surface area contributed by atoms with Gasteiger partial charge in [0.1, 0.15) is 5.75 Å². The molecule has 0 amide bonds. The van der Waals surface area contributed by atoms with Gasteiger partial charge in [-0.3, -0.25) is 14.9 Å². The number of nitrogens with zero attached hydrogens (tertiary/aromatic N) is 3. The van der Waals surface area contributed by atoms with E-state index in [0.29, 0.717) is 0 Å². The fourth-order valence-electron chi connectivity index (χ4n) is 3.20. The molecular formula is C19H19N3O. The molecule has 0 bridgehead atoms. The van der Waals surface area contributed by atoms with Gasteiger partial charge in [-0.15, -0.1) is 0 Å². The molecule has 4 rings (SSSR count). The summed E-state index contributed by atoms with van der Waals surface area (Å²) in [6.07, 6.45) is 4.70. The molecule has 4 heteroatoms. The summed E-state index contributed by atoms with van der Waals surface area (Å²) in [5.41, 5.74) is 4.87. The van der Waals surface area contributed by atoms with Crippen LogP contribution in [0.3, 0.4) is 0 Å². The number of fused-ring (bicyclic) bond motifs is 2. The van der Waals surface area contributed by atoms with Crippen molar-refractivity contribution in [3.63, 3.8) is 0 Å². The van der Waals surface area contributed by atoms with E-state index in [2.05, 4.69) is 28.1 Å². The maximum atomic E-state index is 5.31. The molecule has 1 aliphatic rings. The van der Waals surface area contributed by atoms with Crippen LogP contribution < -0.4 is 4.74 Å². The van der Waals surface area contributed by atoms with Gasteiger partial charge in [0.15, 0.2) is 0 Å². The van der Waals surface area contributed by atoms with E-state index in [-0.39, 0.29) is 0 Å². The average Bonchev–Trinajstić information content (AvgIpc) is 2.60. The van der Waals surface area contributed by atoms with Crippen molar-refractivity contribution < 1.29 is 4.74 Å². The molecule has 0 atom stereocenters. The molecule has 0 N–H and O–H groups in total. The molecule has 2 aromatic heterocycles. The predicted molar refractivity (Wildman–Crippen MR) is 90.4 cm³/mol. The molecule has 23 heavy (non-hydrogen) atoms. The zero-order valence-corrected chi connectivity index (χ0v) is 13.2. The van der Waals surface area contributed by atoms with E-state index in [0.717, 1.165) is 42.7 Å². The van der Waals surface area contributed by atoms with Gasteiger partial charge >= 0.3 is 0 Å². The minimum absolute atomic E-state index is 0.915. The Kier molecular flexibility index (Phi) is 3.67. The van der Waals surface area contributed by atoms with Crippen molar-refractivity contribution in [2.24, 2.45) is 0 Å². The molecule has 1 aliphatic heterocycles. The highest BCUT2D eigenvalue weighted by atomic mass is 16.5. The summed E-state index contributed by atoms with van der Waals surface area (Å²) < 4.78 is 5.31. The maximum Gasteiger partial charge on any atom is 0.119 e. The van der Waals surface area contributed by atoms with E-state index in [4.69, 9.17) is 9.72 Å². The second-order valence-electron chi connectivity index (χ2n) is 5.97. The van der Waals surface area contributed by atoms with Crippen LogP contribution in [0.2, 0.25) is 0 Å². The van der Waals surface area contributed by atoms with Crippen LogP contribution in [0.4, 0.5) is 0 Å². The van der Waals surface area contributed by atoms with Crippen LogP contribution in [0, 0.1) is 0 Å². The van der Waals surface area contributed by atoms with Crippen LogP contribution in [0.5, 0.6) is 5.75 Å². The molecule has 0 unspecified atom stereocenters. The third-order valence-corrected chi connectivity index (χ3v) is 4.38. The Bertz CT molecular complexity index is 847. The zero-order valence-electron chi connectivity index (χ0n) is 13.2. The fraction of sp³-hybridized carbons (Fsp3) is 0.263. The van der Waals surface area contributed by atoms with E-state index in [1.165, 1.54) is 16.8 Å². The molecule has 3 aromatic rings. The van der Waals surface area contributed by atoms with Gasteiger partial charge in [0.2, 0.25) is 0 Å². The number of rotatable bonds is 3. The lowest BCUT2D eigenvalue weighted by molar-refractivity contribution is 0.243. The van der Waals surface area contributed by atoms with E-state index >= 15 is 0 Å². The second-order valence-corrected chi connectivity index (χ2v) is 5.97. The van der Waals surface area contributed by atoms with E-state index in [9.17, 15) is 0 Å². The Morgan fingerprint density at radius 3 is 3.09 bits per heavy atom. The Balaban J connectivity index is 1.57. The molecule has 3 heterocycles. The Labute approximate surface area is 135 Å². The number of ether oxygens (including phenoxy) is 1. The van der Waals surface area contributed by atoms with Crippen LogP contribution in [0.1, 0.15) is 16.8 Å². The van der Waals surface area contributed by atoms with Crippen LogP contribution in [0.15, 0.2) is 48.8 Å². The summed E-state index contributed by atoms with van der Waals surface area (Å²) >= 11 is 0. The first-order valence-corrected chi connectivity index (χ1v) is 7.89. The van der Waals surface area contributed by atoms with Crippen molar-refractivity contribution in [2.75, 3.05) is 13.7 Å². The smallest absolute Gasteiger partial charge is 0.119 e. The normalized spacial score (nSPS) is 14.7. The number of pyridine rings is 2. The standard InChI is InChI=1S/C19H19N3O/c1-23-17-4-2-3-14(9-17)12-22-8-6-19-16(13-22)10-15-11-20-7-5-18(15)21-19/h2-5,7,9-11H,6,8,12-13H2,1H3. The fourth-order valence-corrected chi connectivity index (χ4v) is 3.20. The van der Waals surface area contributed by atoms with Gasteiger partial charge < -0.3 is 4.74 Å². The summed E-state index contributed by atoms with van der Waals surface area (Å²) in [6.45, 7) is 2.90. The van der Waals surface area contributed by atoms with Gasteiger partial charge in [0.25, 0.3) is 0 Å². The summed E-state index contributed by atoms with van der Waals surface area (Å²) in [5.74, 6) is 0.915. The van der Waals surface area contributed by atoms with Crippen molar-refractivity contribution in [3.8, 4) is 5.75 Å². The third kappa shape index (κ3) is 2.90. The van der Waals surface area contributed by atoms with Gasteiger partial charge in [0, 0.05) is 49.5 Å². The number of methoxy groups -OCH3 is 1. The second kappa shape index (κ2) is 5.97. The molecule has 4 nitrogen and oxygen atoms in total. The first kappa shape index (κ1) is 14.2. The molecule has 1 aromatic carbocycles. The lowest BCUT2D eigenvalue weighted by Gasteiger charge is -2.28. The minimum atomic E-state index is 0.915. The summed E-state index contributed by atoms with van der Waals surface area (Å²) in [5, 5.41) is 1.12. The highest BCUT2D eigenvalue weighted by Gasteiger charge is 2.18. The molecule has 116 valence electrons. The zero-order chi connectivity index (χ0) is 15.6. The molecule has 0 fully saturated rings. The predicted octanol–water partition coefficient (Wildman–Crippen LogP) is 3.20. The van der Waals surface area contributed by atoms with Crippen LogP contribution in [0.25, 0.3) is 10.9 Å². The topological polar surface area (TPSA) is 38.2 Å². The minimum Gasteiger partial charge on any atom is -0.497 e. The Morgan fingerprint density at radius 2 is 2.17 bits per heavy atom. The van der Waals surface area contributed by atoms with E-state index in [1.54, 1.807) is 13.3 Å². The first-order valence-electron chi connectivity index (χ1n) is 7.89. The molecule has 0 aliphatic carbocycles. The van der Waals surface area contributed by atoms with E-state index in [1.807, 2.05) is 24.4 Å². The average molecular weight is 305 g/mol. The van der Waals surface area contributed by atoms with Crippen molar-refractivity contribution in [2.45, 2.75) is 19.5 Å².